The number of benzene rings is 1. The van der Waals surface area contributed by atoms with Gasteiger partial charge in [0.1, 0.15) is 5.82 Å². The highest BCUT2D eigenvalue weighted by atomic mass is 32.2. The first kappa shape index (κ1) is 16.9. The third-order valence-corrected chi connectivity index (χ3v) is 5.89. The van der Waals surface area contributed by atoms with Gasteiger partial charge in [-0.2, -0.15) is 8.42 Å². The van der Waals surface area contributed by atoms with Gasteiger partial charge in [-0.3, -0.25) is 9.12 Å². The van der Waals surface area contributed by atoms with Crippen molar-refractivity contribution in [1.29, 1.82) is 0 Å². The van der Waals surface area contributed by atoms with Crippen molar-refractivity contribution in [2.24, 2.45) is 0 Å². The highest BCUT2D eigenvalue weighted by Crippen LogP contribution is 2.30. The number of fused-ring (bicyclic) bond motifs is 1. The lowest BCUT2D eigenvalue weighted by molar-refractivity contribution is 0.591. The van der Waals surface area contributed by atoms with Crippen LogP contribution in [0.3, 0.4) is 0 Å². The van der Waals surface area contributed by atoms with Crippen molar-refractivity contribution in [2.75, 3.05) is 4.72 Å². The number of hydrogen-bond donors (Lipinski definition) is 1. The van der Waals surface area contributed by atoms with E-state index in [0.29, 0.717) is 10.7 Å². The topological polar surface area (TPSA) is 63.5 Å². The highest BCUT2D eigenvalue weighted by Gasteiger charge is 2.28. The predicted octanol–water partition coefficient (Wildman–Crippen LogP) is 4.08. The zero-order chi connectivity index (χ0) is 17.6. The van der Waals surface area contributed by atoms with Gasteiger partial charge in [-0.25, -0.2) is 9.37 Å². The molecule has 0 aliphatic carbocycles. The van der Waals surface area contributed by atoms with Crippen LogP contribution in [0.25, 0.3) is 4.96 Å². The molecule has 0 aliphatic heterocycles. The van der Waals surface area contributed by atoms with Crippen molar-refractivity contribution in [3.8, 4) is 0 Å². The molecule has 1 aromatic carbocycles. The molecule has 0 bridgehead atoms. The second kappa shape index (κ2) is 5.86. The van der Waals surface area contributed by atoms with E-state index in [1.807, 2.05) is 20.8 Å². The van der Waals surface area contributed by atoms with Crippen LogP contribution >= 0.6 is 11.3 Å². The number of aryl methyl sites for hydroxylation is 2. The monoisotopic (exact) mass is 367 g/mol. The lowest BCUT2D eigenvalue weighted by atomic mass is 10.2. The SMILES string of the molecule is Cc1ccc(F)c(NS(=O)(=O)c2c(C(C)C)nc3sc(C)cn23)c1. The van der Waals surface area contributed by atoms with E-state index in [0.717, 1.165) is 10.4 Å². The van der Waals surface area contributed by atoms with Gasteiger partial charge in [-0.15, -0.1) is 11.3 Å². The van der Waals surface area contributed by atoms with Crippen LogP contribution in [0.4, 0.5) is 10.1 Å². The molecule has 3 aromatic rings. The summed E-state index contributed by atoms with van der Waals surface area (Å²) >= 11 is 1.42. The minimum Gasteiger partial charge on any atom is -0.279 e. The summed E-state index contributed by atoms with van der Waals surface area (Å²) in [6.45, 7) is 7.42. The molecule has 0 aliphatic rings. The van der Waals surface area contributed by atoms with Crippen LogP contribution in [0.1, 0.15) is 35.9 Å². The number of sulfonamides is 1. The molecule has 3 rings (SSSR count). The first-order chi connectivity index (χ1) is 11.2. The Bertz CT molecular complexity index is 1020. The summed E-state index contributed by atoms with van der Waals surface area (Å²) in [6, 6.07) is 4.31. The summed E-state index contributed by atoms with van der Waals surface area (Å²) in [5.41, 5.74) is 1.18. The Morgan fingerprint density at radius 1 is 1.29 bits per heavy atom. The number of thiazole rings is 1. The van der Waals surface area contributed by atoms with Crippen molar-refractivity contribution in [3.05, 3.63) is 46.3 Å². The van der Waals surface area contributed by atoms with Crippen LogP contribution in [0.2, 0.25) is 0 Å². The van der Waals surface area contributed by atoms with E-state index in [-0.39, 0.29) is 16.6 Å². The standard InChI is InChI=1S/C16H18FN3O2S2/c1-9(2)14-15(20-8-11(4)23-16(20)18-14)24(21,22)19-13-7-10(3)5-6-12(13)17/h5-9,19H,1-4H3. The number of anilines is 1. The number of nitrogens with one attached hydrogen (secondary N) is 1. The largest absolute Gasteiger partial charge is 0.279 e. The number of nitrogens with zero attached hydrogens (tertiary/aromatic N) is 2. The smallest absolute Gasteiger partial charge is 0.279 e. The minimum atomic E-state index is -3.98. The number of aromatic nitrogens is 2. The van der Waals surface area contributed by atoms with Crippen LogP contribution in [0, 0.1) is 19.7 Å². The third-order valence-electron chi connectivity index (χ3n) is 3.59. The molecule has 5 nitrogen and oxygen atoms in total. The number of halogens is 1. The van der Waals surface area contributed by atoms with E-state index >= 15 is 0 Å². The van der Waals surface area contributed by atoms with Gasteiger partial charge in [0.25, 0.3) is 10.0 Å². The minimum absolute atomic E-state index is 0.0633. The second-order valence-electron chi connectivity index (χ2n) is 6.04. The maximum atomic E-state index is 14.0. The summed E-state index contributed by atoms with van der Waals surface area (Å²) < 4.78 is 43.8. The summed E-state index contributed by atoms with van der Waals surface area (Å²) in [5, 5.41) is 0.0674. The molecule has 0 fully saturated rings. The molecular weight excluding hydrogens is 349 g/mol. The van der Waals surface area contributed by atoms with Crippen molar-refractivity contribution in [3.63, 3.8) is 0 Å². The van der Waals surface area contributed by atoms with Crippen LogP contribution in [-0.4, -0.2) is 17.8 Å². The summed E-state index contributed by atoms with van der Waals surface area (Å²) in [7, 11) is -3.98. The molecule has 0 atom stereocenters. The molecule has 0 amide bonds. The van der Waals surface area contributed by atoms with Crippen LogP contribution in [0.5, 0.6) is 0 Å². The maximum absolute atomic E-state index is 14.0. The Morgan fingerprint density at radius 2 is 2.00 bits per heavy atom. The van der Waals surface area contributed by atoms with Crippen molar-refractivity contribution >= 4 is 32.0 Å². The van der Waals surface area contributed by atoms with Gasteiger partial charge in [0, 0.05) is 11.1 Å². The quantitative estimate of drug-likeness (QED) is 0.756. The zero-order valence-electron chi connectivity index (χ0n) is 13.8. The molecule has 0 spiro atoms. The Hall–Kier alpha value is -1.93. The molecule has 1 N–H and O–H groups in total. The number of hydrogen-bond acceptors (Lipinski definition) is 4. The highest BCUT2D eigenvalue weighted by molar-refractivity contribution is 7.92. The van der Waals surface area contributed by atoms with Gasteiger partial charge < -0.3 is 0 Å². The summed E-state index contributed by atoms with van der Waals surface area (Å²) in [6.07, 6.45) is 1.74. The predicted molar refractivity (Wildman–Crippen MR) is 93.8 cm³/mol. The Morgan fingerprint density at radius 3 is 2.67 bits per heavy atom. The van der Waals surface area contributed by atoms with E-state index in [1.165, 1.54) is 23.5 Å². The maximum Gasteiger partial charge on any atom is 0.279 e. The summed E-state index contributed by atoms with van der Waals surface area (Å²) in [4.78, 5) is 6.01. The van der Waals surface area contributed by atoms with E-state index in [1.54, 1.807) is 23.6 Å². The van der Waals surface area contributed by atoms with Gasteiger partial charge >= 0.3 is 0 Å². The molecule has 2 heterocycles. The van der Waals surface area contributed by atoms with Gasteiger partial charge in [-0.1, -0.05) is 19.9 Å². The second-order valence-corrected chi connectivity index (χ2v) is 8.85. The number of rotatable bonds is 4. The molecule has 0 saturated heterocycles. The van der Waals surface area contributed by atoms with Crippen LogP contribution < -0.4 is 4.72 Å². The van der Waals surface area contributed by atoms with Crippen molar-refractivity contribution in [1.82, 2.24) is 9.38 Å². The Kier molecular flexibility index (Phi) is 4.13. The van der Waals surface area contributed by atoms with E-state index < -0.39 is 15.8 Å². The molecular formula is C16H18FN3O2S2. The van der Waals surface area contributed by atoms with Crippen molar-refractivity contribution < 1.29 is 12.8 Å². The van der Waals surface area contributed by atoms with Crippen LogP contribution in [0.15, 0.2) is 29.4 Å². The first-order valence-electron chi connectivity index (χ1n) is 7.46. The fraction of sp³-hybridized carbons (Fsp3) is 0.312. The van der Waals surface area contributed by atoms with E-state index in [9.17, 15) is 12.8 Å². The molecule has 0 saturated carbocycles. The fourth-order valence-electron chi connectivity index (χ4n) is 2.51. The lowest BCUT2D eigenvalue weighted by Gasteiger charge is -2.11. The summed E-state index contributed by atoms with van der Waals surface area (Å²) in [5.74, 6) is -0.691. The molecule has 128 valence electrons. The van der Waals surface area contributed by atoms with E-state index in [4.69, 9.17) is 0 Å². The number of imidazole rings is 1. The van der Waals surface area contributed by atoms with Gasteiger partial charge in [0.05, 0.1) is 11.4 Å². The molecule has 24 heavy (non-hydrogen) atoms. The average molecular weight is 367 g/mol. The lowest BCUT2D eigenvalue weighted by Crippen LogP contribution is -2.18. The fourth-order valence-corrected chi connectivity index (χ4v) is 4.89. The van der Waals surface area contributed by atoms with Crippen LogP contribution in [-0.2, 0) is 10.0 Å². The molecule has 2 aromatic heterocycles. The van der Waals surface area contributed by atoms with E-state index in [2.05, 4.69) is 9.71 Å². The van der Waals surface area contributed by atoms with Gasteiger partial charge in [0.2, 0.25) is 0 Å². The average Bonchev–Trinajstić information content (AvgIpc) is 2.98. The Balaban J connectivity index is 2.17. The molecule has 0 radical (unpaired) electrons. The third kappa shape index (κ3) is 2.91. The molecule has 0 unspecified atom stereocenters. The van der Waals surface area contributed by atoms with Crippen molar-refractivity contribution in [2.45, 2.75) is 38.6 Å². The Labute approximate surface area is 144 Å². The molecule has 8 heteroatoms. The normalized spacial score (nSPS) is 12.2. The van der Waals surface area contributed by atoms with Gasteiger partial charge in [0.15, 0.2) is 9.99 Å². The zero-order valence-corrected chi connectivity index (χ0v) is 15.4. The first-order valence-corrected chi connectivity index (χ1v) is 9.76. The van der Waals surface area contributed by atoms with Gasteiger partial charge in [-0.05, 0) is 37.5 Å².